The first-order chi connectivity index (χ1) is 9.10. The molecule has 0 atom stereocenters. The quantitative estimate of drug-likeness (QED) is 0.884. The van der Waals surface area contributed by atoms with Crippen molar-refractivity contribution >= 4 is 11.6 Å². The molecule has 0 aliphatic heterocycles. The van der Waals surface area contributed by atoms with Crippen LogP contribution >= 0.6 is 0 Å². The Morgan fingerprint density at radius 1 is 1.53 bits per heavy atom. The van der Waals surface area contributed by atoms with Gasteiger partial charge < -0.3 is 5.32 Å². The number of carbonyl (C=O) groups excluding carboxylic acids is 1. The van der Waals surface area contributed by atoms with Crippen LogP contribution in [0, 0.1) is 18.3 Å². The molecule has 0 fully saturated rings. The summed E-state index contributed by atoms with van der Waals surface area (Å²) in [5, 5.41) is 22.9. The first kappa shape index (κ1) is 12.7. The molecule has 1 N–H and O–H groups in total. The summed E-state index contributed by atoms with van der Waals surface area (Å²) in [4.78, 5) is 12.8. The number of amides is 1. The lowest BCUT2D eigenvalue weighted by Crippen LogP contribution is -2.11. The highest BCUT2D eigenvalue weighted by molar-refractivity contribution is 5.93. The zero-order valence-electron chi connectivity index (χ0n) is 10.6. The molecule has 0 spiro atoms. The molecule has 1 aromatic heterocycles. The summed E-state index contributed by atoms with van der Waals surface area (Å²) in [6.07, 6.45) is -0.174. The van der Waals surface area contributed by atoms with Crippen molar-refractivity contribution in [2.24, 2.45) is 7.05 Å². The summed E-state index contributed by atoms with van der Waals surface area (Å²) in [6.45, 7) is 1.87. The average molecular weight is 256 g/mol. The first-order valence-electron chi connectivity index (χ1n) is 5.62. The highest BCUT2D eigenvalue weighted by Crippen LogP contribution is 2.22. The van der Waals surface area contributed by atoms with Crippen LogP contribution in [0.2, 0.25) is 0 Å². The molecule has 0 saturated carbocycles. The van der Waals surface area contributed by atoms with Gasteiger partial charge in [0.1, 0.15) is 6.42 Å². The summed E-state index contributed by atoms with van der Waals surface area (Å²) in [5.74, 6) is 0.146. The number of nitrogens with one attached hydrogen (secondary N) is 1. The van der Waals surface area contributed by atoms with E-state index in [2.05, 4.69) is 20.7 Å². The van der Waals surface area contributed by atoms with Crippen LogP contribution in [-0.4, -0.2) is 26.1 Å². The van der Waals surface area contributed by atoms with E-state index >= 15 is 0 Å². The van der Waals surface area contributed by atoms with Crippen molar-refractivity contribution in [3.8, 4) is 17.5 Å². The van der Waals surface area contributed by atoms with Crippen LogP contribution in [0.5, 0.6) is 0 Å². The molecule has 0 saturated heterocycles. The Kier molecular flexibility index (Phi) is 3.52. The Morgan fingerprint density at radius 2 is 2.32 bits per heavy atom. The number of carbonyl (C=O) groups is 1. The van der Waals surface area contributed by atoms with Crippen molar-refractivity contribution < 1.29 is 4.79 Å². The van der Waals surface area contributed by atoms with Gasteiger partial charge in [0.05, 0.1) is 13.1 Å². The third-order valence-electron chi connectivity index (χ3n) is 2.52. The SMILES string of the molecule is Cc1ccc(-c2nnn(C)n2)cc1NC(=O)CC#N. The number of hydrogen-bond acceptors (Lipinski definition) is 5. The third-order valence-corrected chi connectivity index (χ3v) is 2.52. The average Bonchev–Trinajstić information content (AvgIpc) is 2.79. The Morgan fingerprint density at radius 3 is 2.95 bits per heavy atom. The molecule has 7 heteroatoms. The number of aromatic nitrogens is 4. The number of rotatable bonds is 3. The predicted molar refractivity (Wildman–Crippen MR) is 67.8 cm³/mol. The van der Waals surface area contributed by atoms with Crippen molar-refractivity contribution in [2.75, 3.05) is 5.32 Å². The molecule has 1 heterocycles. The van der Waals surface area contributed by atoms with Crippen LogP contribution < -0.4 is 5.32 Å². The molecule has 2 rings (SSSR count). The maximum Gasteiger partial charge on any atom is 0.238 e. The zero-order chi connectivity index (χ0) is 13.8. The molecule has 96 valence electrons. The van der Waals surface area contributed by atoms with E-state index in [1.54, 1.807) is 19.2 Å². The molecule has 1 aromatic carbocycles. The van der Waals surface area contributed by atoms with Gasteiger partial charge in [-0.3, -0.25) is 4.79 Å². The first-order valence-corrected chi connectivity index (χ1v) is 5.62. The van der Waals surface area contributed by atoms with Crippen molar-refractivity contribution in [3.63, 3.8) is 0 Å². The lowest BCUT2D eigenvalue weighted by Gasteiger charge is -2.07. The Hall–Kier alpha value is -2.75. The van der Waals surface area contributed by atoms with Gasteiger partial charge in [-0.25, -0.2) is 0 Å². The van der Waals surface area contributed by atoms with Crippen molar-refractivity contribution in [2.45, 2.75) is 13.3 Å². The molecule has 0 aliphatic rings. The van der Waals surface area contributed by atoms with E-state index < -0.39 is 0 Å². The Labute approximate surface area is 109 Å². The number of benzene rings is 1. The summed E-state index contributed by atoms with van der Waals surface area (Å²) < 4.78 is 0. The summed E-state index contributed by atoms with van der Waals surface area (Å²) in [5.41, 5.74) is 2.30. The van der Waals surface area contributed by atoms with Gasteiger partial charge in [0.25, 0.3) is 0 Å². The normalized spacial score (nSPS) is 9.95. The van der Waals surface area contributed by atoms with Crippen LogP contribution in [0.25, 0.3) is 11.4 Å². The zero-order valence-corrected chi connectivity index (χ0v) is 10.6. The number of nitriles is 1. The largest absolute Gasteiger partial charge is 0.325 e. The van der Waals surface area contributed by atoms with Gasteiger partial charge in [-0.15, -0.1) is 10.2 Å². The third kappa shape index (κ3) is 2.93. The summed E-state index contributed by atoms with van der Waals surface area (Å²) in [7, 11) is 1.68. The molecule has 0 unspecified atom stereocenters. The van der Waals surface area contributed by atoms with Gasteiger partial charge in [0, 0.05) is 11.3 Å². The summed E-state index contributed by atoms with van der Waals surface area (Å²) in [6, 6.07) is 7.28. The van der Waals surface area contributed by atoms with E-state index in [4.69, 9.17) is 5.26 Å². The van der Waals surface area contributed by atoms with E-state index in [1.165, 1.54) is 4.80 Å². The standard InChI is InChI=1S/C12H12N6O/c1-8-3-4-9(12-15-17-18(2)16-12)7-10(8)14-11(19)5-6-13/h3-4,7H,5H2,1-2H3,(H,14,19). The number of tetrazole rings is 1. The topological polar surface area (TPSA) is 96.5 Å². The molecule has 19 heavy (non-hydrogen) atoms. The second kappa shape index (κ2) is 5.27. The number of hydrogen-bond donors (Lipinski definition) is 1. The molecule has 2 aromatic rings. The maximum absolute atomic E-state index is 11.4. The van der Waals surface area contributed by atoms with Crippen LogP contribution in [0.3, 0.4) is 0 Å². The van der Waals surface area contributed by atoms with E-state index in [0.717, 1.165) is 11.1 Å². The molecular formula is C12H12N6O. The highest BCUT2D eigenvalue weighted by atomic mass is 16.1. The van der Waals surface area contributed by atoms with Gasteiger partial charge in [-0.2, -0.15) is 10.1 Å². The Balaban J connectivity index is 2.30. The lowest BCUT2D eigenvalue weighted by molar-refractivity contribution is -0.115. The fourth-order valence-electron chi connectivity index (χ4n) is 1.56. The Bertz CT molecular complexity index is 654. The molecule has 1 amide bonds. The number of aryl methyl sites for hydroxylation is 2. The van der Waals surface area contributed by atoms with Gasteiger partial charge in [0.15, 0.2) is 0 Å². The maximum atomic E-state index is 11.4. The number of nitrogens with zero attached hydrogens (tertiary/aromatic N) is 5. The minimum absolute atomic E-state index is 0.174. The monoisotopic (exact) mass is 256 g/mol. The van der Waals surface area contributed by atoms with Crippen LogP contribution in [0.15, 0.2) is 18.2 Å². The summed E-state index contributed by atoms with van der Waals surface area (Å²) >= 11 is 0. The molecule has 7 nitrogen and oxygen atoms in total. The highest BCUT2D eigenvalue weighted by Gasteiger charge is 2.09. The van der Waals surface area contributed by atoms with E-state index in [0.29, 0.717) is 11.5 Å². The predicted octanol–water partition coefficient (Wildman–Crippen LogP) is 1.04. The molecular weight excluding hydrogens is 244 g/mol. The van der Waals surface area contributed by atoms with Crippen molar-refractivity contribution in [1.82, 2.24) is 20.2 Å². The van der Waals surface area contributed by atoms with Crippen LogP contribution in [-0.2, 0) is 11.8 Å². The van der Waals surface area contributed by atoms with Gasteiger partial charge in [-0.1, -0.05) is 12.1 Å². The molecule has 0 bridgehead atoms. The van der Waals surface area contributed by atoms with Crippen LogP contribution in [0.4, 0.5) is 5.69 Å². The second-order valence-corrected chi connectivity index (χ2v) is 4.02. The van der Waals surface area contributed by atoms with E-state index in [9.17, 15) is 4.79 Å². The van der Waals surface area contributed by atoms with Crippen molar-refractivity contribution in [1.29, 1.82) is 5.26 Å². The van der Waals surface area contributed by atoms with E-state index in [1.807, 2.05) is 19.1 Å². The minimum Gasteiger partial charge on any atom is -0.325 e. The minimum atomic E-state index is -0.338. The second-order valence-electron chi connectivity index (χ2n) is 4.02. The smallest absolute Gasteiger partial charge is 0.238 e. The van der Waals surface area contributed by atoms with Gasteiger partial charge >= 0.3 is 0 Å². The number of anilines is 1. The van der Waals surface area contributed by atoms with Crippen LogP contribution in [0.1, 0.15) is 12.0 Å². The lowest BCUT2D eigenvalue weighted by atomic mass is 10.1. The fourth-order valence-corrected chi connectivity index (χ4v) is 1.56. The molecule has 0 radical (unpaired) electrons. The van der Waals surface area contributed by atoms with E-state index in [-0.39, 0.29) is 12.3 Å². The van der Waals surface area contributed by atoms with Gasteiger partial charge in [0.2, 0.25) is 11.7 Å². The molecule has 0 aliphatic carbocycles. The van der Waals surface area contributed by atoms with Gasteiger partial charge in [-0.05, 0) is 23.8 Å². The fraction of sp³-hybridized carbons (Fsp3) is 0.250. The van der Waals surface area contributed by atoms with Crippen molar-refractivity contribution in [3.05, 3.63) is 23.8 Å².